The van der Waals surface area contributed by atoms with Crippen molar-refractivity contribution in [1.29, 1.82) is 0 Å². The maximum Gasteiger partial charge on any atom is 0.344 e. The number of anilines is 2. The van der Waals surface area contributed by atoms with Crippen LogP contribution in [-0.4, -0.2) is 30.1 Å². The molecule has 1 aromatic carbocycles. The van der Waals surface area contributed by atoms with Crippen LogP contribution in [-0.2, 0) is 15.9 Å². The third-order valence-electron chi connectivity index (χ3n) is 4.12. The minimum atomic E-state index is -0.653. The van der Waals surface area contributed by atoms with Crippen molar-refractivity contribution in [2.24, 2.45) is 0 Å². The first kappa shape index (κ1) is 19.9. The fourth-order valence-electron chi connectivity index (χ4n) is 2.82. The van der Waals surface area contributed by atoms with E-state index in [0.717, 1.165) is 16.6 Å². The molecule has 0 bridgehead atoms. The molecule has 0 amide bonds. The molecular weight excluding hydrogens is 380 g/mol. The second kappa shape index (κ2) is 8.43. The van der Waals surface area contributed by atoms with Crippen LogP contribution in [0.25, 0.3) is 10.2 Å². The molecule has 0 unspecified atom stereocenters. The first-order valence-electron chi connectivity index (χ1n) is 9.12. The minimum absolute atomic E-state index is 0.0197. The minimum Gasteiger partial charge on any atom is -0.462 e. The van der Waals surface area contributed by atoms with Gasteiger partial charge < -0.3 is 19.2 Å². The fourth-order valence-corrected chi connectivity index (χ4v) is 3.74. The van der Waals surface area contributed by atoms with E-state index in [0.29, 0.717) is 5.13 Å². The van der Waals surface area contributed by atoms with E-state index in [-0.39, 0.29) is 36.0 Å². The van der Waals surface area contributed by atoms with Crippen LogP contribution < -0.4 is 5.32 Å². The molecule has 1 N–H and O–H groups in total. The largest absolute Gasteiger partial charge is 0.462 e. The van der Waals surface area contributed by atoms with E-state index in [1.54, 1.807) is 20.8 Å². The Labute approximate surface area is 166 Å². The molecule has 0 fully saturated rings. The number of esters is 2. The monoisotopic (exact) mass is 402 g/mol. The zero-order chi connectivity index (χ0) is 20.3. The summed E-state index contributed by atoms with van der Waals surface area (Å²) in [6.45, 7) is 7.45. The molecule has 0 saturated heterocycles. The molecule has 2 aromatic heterocycles. The smallest absolute Gasteiger partial charge is 0.344 e. The highest BCUT2D eigenvalue weighted by Crippen LogP contribution is 2.34. The molecule has 0 aliphatic rings. The Morgan fingerprint density at radius 2 is 1.79 bits per heavy atom. The first-order valence-corrected chi connectivity index (χ1v) is 9.94. The molecule has 2 heterocycles. The molecular formula is C20H22N2O5S. The number of hydrogen-bond acceptors (Lipinski definition) is 8. The van der Waals surface area contributed by atoms with Crippen LogP contribution in [0.5, 0.6) is 0 Å². The summed E-state index contributed by atoms with van der Waals surface area (Å²) >= 11 is 1.44. The number of rotatable bonds is 7. The van der Waals surface area contributed by atoms with E-state index < -0.39 is 11.9 Å². The summed E-state index contributed by atoms with van der Waals surface area (Å²) in [5.74, 6) is -0.886. The van der Waals surface area contributed by atoms with Crippen LogP contribution in [0.4, 0.5) is 11.0 Å². The van der Waals surface area contributed by atoms with Crippen LogP contribution in [0.1, 0.15) is 52.8 Å². The number of thiazole rings is 1. The zero-order valence-corrected chi connectivity index (χ0v) is 17.1. The molecule has 0 radical (unpaired) electrons. The summed E-state index contributed by atoms with van der Waals surface area (Å²) in [4.78, 5) is 29.4. The summed E-state index contributed by atoms with van der Waals surface area (Å²) in [6.07, 6.45) is 0.934. The van der Waals surface area contributed by atoms with E-state index in [4.69, 9.17) is 13.9 Å². The fraction of sp³-hybridized carbons (Fsp3) is 0.350. The summed E-state index contributed by atoms with van der Waals surface area (Å²) in [5.41, 5.74) is 2.15. The van der Waals surface area contributed by atoms with Gasteiger partial charge in [-0.1, -0.05) is 24.3 Å². The van der Waals surface area contributed by atoms with Crippen molar-refractivity contribution in [2.45, 2.75) is 34.1 Å². The maximum atomic E-state index is 12.5. The Morgan fingerprint density at radius 1 is 1.11 bits per heavy atom. The molecule has 0 saturated carbocycles. The van der Waals surface area contributed by atoms with Crippen molar-refractivity contribution >= 4 is 44.5 Å². The number of aryl methyl sites for hydroxylation is 2. The summed E-state index contributed by atoms with van der Waals surface area (Å²) in [5, 5.41) is 3.58. The SMILES string of the molecule is CCOC(=O)c1c(C)oc(Nc2nc3ccc(CC)cc3s2)c1C(=O)OCC. The Morgan fingerprint density at radius 3 is 2.43 bits per heavy atom. The number of hydrogen-bond donors (Lipinski definition) is 1. The average molecular weight is 402 g/mol. The van der Waals surface area contributed by atoms with Crippen molar-refractivity contribution in [3.05, 3.63) is 40.6 Å². The lowest BCUT2D eigenvalue weighted by atomic mass is 10.1. The van der Waals surface area contributed by atoms with Gasteiger partial charge in [0.1, 0.15) is 16.9 Å². The van der Waals surface area contributed by atoms with Crippen LogP contribution in [0.3, 0.4) is 0 Å². The molecule has 0 spiro atoms. The summed E-state index contributed by atoms with van der Waals surface area (Å²) < 4.78 is 16.9. The third kappa shape index (κ3) is 3.87. The number of aromatic nitrogens is 1. The van der Waals surface area contributed by atoms with Gasteiger partial charge in [0.2, 0.25) is 5.88 Å². The van der Waals surface area contributed by atoms with E-state index in [1.165, 1.54) is 16.9 Å². The average Bonchev–Trinajstić information content (AvgIpc) is 3.21. The summed E-state index contributed by atoms with van der Waals surface area (Å²) in [7, 11) is 0. The number of fused-ring (bicyclic) bond motifs is 1. The van der Waals surface area contributed by atoms with E-state index in [1.807, 2.05) is 12.1 Å². The van der Waals surface area contributed by atoms with Gasteiger partial charge in [0.15, 0.2) is 5.13 Å². The molecule has 3 aromatic rings. The molecule has 7 nitrogen and oxygen atoms in total. The Bertz CT molecular complexity index is 1020. The highest BCUT2D eigenvalue weighted by molar-refractivity contribution is 7.22. The van der Waals surface area contributed by atoms with Gasteiger partial charge in [-0.05, 0) is 44.9 Å². The number of benzene rings is 1. The predicted molar refractivity (Wildman–Crippen MR) is 108 cm³/mol. The van der Waals surface area contributed by atoms with E-state index in [2.05, 4.69) is 23.3 Å². The molecule has 148 valence electrons. The summed E-state index contributed by atoms with van der Waals surface area (Å²) in [6, 6.07) is 6.08. The van der Waals surface area contributed by atoms with E-state index >= 15 is 0 Å². The number of ether oxygens (including phenoxy) is 2. The van der Waals surface area contributed by atoms with Crippen molar-refractivity contribution < 1.29 is 23.5 Å². The van der Waals surface area contributed by atoms with Crippen LogP contribution in [0.15, 0.2) is 22.6 Å². The first-order chi connectivity index (χ1) is 13.5. The van der Waals surface area contributed by atoms with Gasteiger partial charge in [0.25, 0.3) is 0 Å². The van der Waals surface area contributed by atoms with Crippen LogP contribution >= 0.6 is 11.3 Å². The lowest BCUT2D eigenvalue weighted by Gasteiger charge is -2.06. The third-order valence-corrected chi connectivity index (χ3v) is 5.06. The van der Waals surface area contributed by atoms with Crippen molar-refractivity contribution in [2.75, 3.05) is 18.5 Å². The van der Waals surface area contributed by atoms with Gasteiger partial charge in [0, 0.05) is 0 Å². The van der Waals surface area contributed by atoms with Crippen molar-refractivity contribution in [3.63, 3.8) is 0 Å². The highest BCUT2D eigenvalue weighted by atomic mass is 32.1. The molecule has 28 heavy (non-hydrogen) atoms. The molecule has 8 heteroatoms. The predicted octanol–water partition coefficient (Wildman–Crippen LogP) is 4.86. The lowest BCUT2D eigenvalue weighted by Crippen LogP contribution is -2.14. The van der Waals surface area contributed by atoms with Gasteiger partial charge in [-0.15, -0.1) is 0 Å². The van der Waals surface area contributed by atoms with Gasteiger partial charge in [-0.3, -0.25) is 0 Å². The number of carbonyl (C=O) groups excluding carboxylic acids is 2. The molecule has 0 aliphatic carbocycles. The Hall–Kier alpha value is -2.87. The van der Waals surface area contributed by atoms with Gasteiger partial charge in [0.05, 0.1) is 23.4 Å². The number of nitrogens with one attached hydrogen (secondary N) is 1. The second-order valence-electron chi connectivity index (χ2n) is 5.98. The number of furan rings is 1. The van der Waals surface area contributed by atoms with Gasteiger partial charge in [-0.25, -0.2) is 14.6 Å². The molecule has 0 aliphatic heterocycles. The molecule has 0 atom stereocenters. The highest BCUT2D eigenvalue weighted by Gasteiger charge is 2.31. The standard InChI is InChI=1S/C20H22N2O5S/c1-5-12-8-9-13-14(10-12)28-20(21-13)22-17-16(19(24)26-7-3)15(11(4)27-17)18(23)25-6-2/h8-10H,5-7H2,1-4H3,(H,21,22). The second-order valence-corrected chi connectivity index (χ2v) is 7.01. The van der Waals surface area contributed by atoms with Crippen molar-refractivity contribution in [1.82, 2.24) is 4.98 Å². The number of nitrogens with zero attached hydrogens (tertiary/aromatic N) is 1. The van der Waals surface area contributed by atoms with Crippen LogP contribution in [0, 0.1) is 6.92 Å². The quantitative estimate of drug-likeness (QED) is 0.565. The van der Waals surface area contributed by atoms with Gasteiger partial charge >= 0.3 is 11.9 Å². The Kier molecular flexibility index (Phi) is 5.99. The topological polar surface area (TPSA) is 90.7 Å². The van der Waals surface area contributed by atoms with E-state index in [9.17, 15) is 9.59 Å². The number of carbonyl (C=O) groups is 2. The molecule has 3 rings (SSSR count). The van der Waals surface area contributed by atoms with Gasteiger partial charge in [-0.2, -0.15) is 0 Å². The normalized spacial score (nSPS) is 10.9. The zero-order valence-electron chi connectivity index (χ0n) is 16.3. The Balaban J connectivity index is 2.02. The van der Waals surface area contributed by atoms with Crippen molar-refractivity contribution in [3.8, 4) is 0 Å². The van der Waals surface area contributed by atoms with Crippen LogP contribution in [0.2, 0.25) is 0 Å². The lowest BCUT2D eigenvalue weighted by molar-refractivity contribution is 0.0480. The maximum absolute atomic E-state index is 12.5.